The SMILES string of the molecule is CCOc1cc(C=Nn2c(-c3cccc(C(F)(F)F)c3)nc3ccccc3c2=O)cc(Cl)c1O[C@@H](C)C(=O)O. The summed E-state index contributed by atoms with van der Waals surface area (Å²) in [5.74, 6) is -1.15. The molecule has 1 heterocycles. The summed E-state index contributed by atoms with van der Waals surface area (Å²) in [5.41, 5.74) is -0.844. The van der Waals surface area contributed by atoms with Crippen molar-refractivity contribution in [2.24, 2.45) is 5.10 Å². The van der Waals surface area contributed by atoms with Gasteiger partial charge in [0.05, 0.1) is 34.3 Å². The number of halogens is 4. The molecular weight excluding hydrogens is 539 g/mol. The number of hydrogen-bond acceptors (Lipinski definition) is 6. The first-order valence-electron chi connectivity index (χ1n) is 11.6. The molecular formula is C27H21ClF3N3O5. The molecule has 4 rings (SSSR count). The van der Waals surface area contributed by atoms with Crippen molar-refractivity contribution >= 4 is 34.7 Å². The molecule has 0 aliphatic carbocycles. The monoisotopic (exact) mass is 559 g/mol. The summed E-state index contributed by atoms with van der Waals surface area (Å²) >= 11 is 6.35. The van der Waals surface area contributed by atoms with Crippen molar-refractivity contribution in [2.45, 2.75) is 26.1 Å². The molecule has 12 heteroatoms. The van der Waals surface area contributed by atoms with Crippen LogP contribution in [0.2, 0.25) is 5.02 Å². The molecule has 8 nitrogen and oxygen atoms in total. The zero-order valence-electron chi connectivity index (χ0n) is 20.6. The van der Waals surface area contributed by atoms with Gasteiger partial charge in [-0.05, 0) is 55.8 Å². The van der Waals surface area contributed by atoms with Gasteiger partial charge in [-0.25, -0.2) is 9.78 Å². The summed E-state index contributed by atoms with van der Waals surface area (Å²) in [7, 11) is 0. The van der Waals surface area contributed by atoms with Crippen LogP contribution in [0.25, 0.3) is 22.3 Å². The number of alkyl halides is 3. The van der Waals surface area contributed by atoms with Crippen LogP contribution in [0.15, 0.2) is 70.6 Å². The lowest BCUT2D eigenvalue weighted by molar-refractivity contribution is -0.144. The highest BCUT2D eigenvalue weighted by atomic mass is 35.5. The van der Waals surface area contributed by atoms with Gasteiger partial charge in [0, 0.05) is 5.56 Å². The second-order valence-electron chi connectivity index (χ2n) is 8.25. The van der Waals surface area contributed by atoms with Crippen molar-refractivity contribution in [1.82, 2.24) is 9.66 Å². The van der Waals surface area contributed by atoms with Gasteiger partial charge in [0.25, 0.3) is 5.56 Å². The van der Waals surface area contributed by atoms with Gasteiger partial charge in [-0.15, -0.1) is 0 Å². The molecule has 4 aromatic rings. The molecule has 202 valence electrons. The zero-order valence-corrected chi connectivity index (χ0v) is 21.3. The molecule has 0 spiro atoms. The van der Waals surface area contributed by atoms with Crippen LogP contribution in [0.1, 0.15) is 25.0 Å². The first kappa shape index (κ1) is 27.6. The van der Waals surface area contributed by atoms with Gasteiger partial charge in [-0.2, -0.15) is 22.9 Å². The molecule has 1 aromatic heterocycles. The Hall–Kier alpha value is -4.38. The number of rotatable bonds is 8. The molecule has 1 atom stereocenters. The lowest BCUT2D eigenvalue weighted by Gasteiger charge is -2.16. The van der Waals surface area contributed by atoms with E-state index in [1.807, 2.05) is 0 Å². The van der Waals surface area contributed by atoms with Crippen molar-refractivity contribution in [3.05, 3.63) is 87.2 Å². The number of para-hydroxylation sites is 1. The van der Waals surface area contributed by atoms with E-state index in [1.54, 1.807) is 25.1 Å². The van der Waals surface area contributed by atoms with E-state index in [0.29, 0.717) is 5.56 Å². The quantitative estimate of drug-likeness (QED) is 0.271. The van der Waals surface area contributed by atoms with E-state index in [-0.39, 0.29) is 45.4 Å². The highest BCUT2D eigenvalue weighted by molar-refractivity contribution is 6.32. The topological polar surface area (TPSA) is 103 Å². The van der Waals surface area contributed by atoms with E-state index in [0.717, 1.165) is 16.8 Å². The molecule has 0 aliphatic heterocycles. The van der Waals surface area contributed by atoms with Gasteiger partial charge in [-0.1, -0.05) is 35.9 Å². The molecule has 0 fully saturated rings. The minimum absolute atomic E-state index is 0.0137. The van der Waals surface area contributed by atoms with Crippen LogP contribution in [0.4, 0.5) is 13.2 Å². The van der Waals surface area contributed by atoms with Crippen LogP contribution in [-0.2, 0) is 11.0 Å². The third-order valence-electron chi connectivity index (χ3n) is 5.50. The second-order valence-corrected chi connectivity index (χ2v) is 8.66. The number of aromatic nitrogens is 2. The van der Waals surface area contributed by atoms with Gasteiger partial charge in [0.1, 0.15) is 0 Å². The minimum Gasteiger partial charge on any atom is -0.490 e. The number of hydrogen-bond donors (Lipinski definition) is 1. The predicted molar refractivity (Wildman–Crippen MR) is 140 cm³/mol. The lowest BCUT2D eigenvalue weighted by Crippen LogP contribution is -2.23. The van der Waals surface area contributed by atoms with Gasteiger partial charge >= 0.3 is 12.1 Å². The number of carbonyl (C=O) groups is 1. The molecule has 1 N–H and O–H groups in total. The zero-order chi connectivity index (χ0) is 28.3. The summed E-state index contributed by atoms with van der Waals surface area (Å²) < 4.78 is 52.1. The maximum absolute atomic E-state index is 13.4. The average molecular weight is 560 g/mol. The highest BCUT2D eigenvalue weighted by Crippen LogP contribution is 2.37. The normalized spacial score (nSPS) is 12.6. The van der Waals surface area contributed by atoms with E-state index < -0.39 is 29.4 Å². The number of aliphatic carboxylic acids is 1. The van der Waals surface area contributed by atoms with E-state index >= 15 is 0 Å². The number of carboxylic acid groups (broad SMARTS) is 1. The Balaban J connectivity index is 1.85. The highest BCUT2D eigenvalue weighted by Gasteiger charge is 2.31. The van der Waals surface area contributed by atoms with Crippen molar-refractivity contribution in [3.63, 3.8) is 0 Å². The van der Waals surface area contributed by atoms with E-state index in [1.165, 1.54) is 43.5 Å². The summed E-state index contributed by atoms with van der Waals surface area (Å²) in [6.07, 6.45) is -4.55. The smallest absolute Gasteiger partial charge is 0.416 e. The Bertz CT molecular complexity index is 1640. The summed E-state index contributed by atoms with van der Waals surface area (Å²) in [5, 5.41) is 13.7. The van der Waals surface area contributed by atoms with Crippen LogP contribution in [0.3, 0.4) is 0 Å². The van der Waals surface area contributed by atoms with Crippen LogP contribution in [0, 0.1) is 0 Å². The number of carboxylic acids is 1. The molecule has 39 heavy (non-hydrogen) atoms. The average Bonchev–Trinajstić information content (AvgIpc) is 2.89. The summed E-state index contributed by atoms with van der Waals surface area (Å²) in [6.45, 7) is 3.25. The second kappa shape index (κ2) is 11.2. The van der Waals surface area contributed by atoms with Crippen molar-refractivity contribution in [3.8, 4) is 22.9 Å². The fourth-order valence-electron chi connectivity index (χ4n) is 3.64. The Kier molecular flexibility index (Phi) is 7.91. The molecule has 0 radical (unpaired) electrons. The molecule has 0 unspecified atom stereocenters. The largest absolute Gasteiger partial charge is 0.490 e. The Morgan fingerprint density at radius 3 is 2.62 bits per heavy atom. The van der Waals surface area contributed by atoms with Gasteiger partial charge in [-0.3, -0.25) is 4.79 Å². The Morgan fingerprint density at radius 2 is 1.92 bits per heavy atom. The summed E-state index contributed by atoms with van der Waals surface area (Å²) in [6, 6.07) is 13.7. The van der Waals surface area contributed by atoms with Crippen molar-refractivity contribution in [1.29, 1.82) is 0 Å². The van der Waals surface area contributed by atoms with Gasteiger partial charge in [0.2, 0.25) is 0 Å². The number of nitrogens with zero attached hydrogens (tertiary/aromatic N) is 3. The number of benzene rings is 3. The van der Waals surface area contributed by atoms with Crippen LogP contribution >= 0.6 is 11.6 Å². The number of fused-ring (bicyclic) bond motifs is 1. The van der Waals surface area contributed by atoms with Crippen LogP contribution in [-0.4, -0.2) is 39.7 Å². The first-order chi connectivity index (χ1) is 18.5. The first-order valence-corrected chi connectivity index (χ1v) is 12.0. The number of ether oxygens (including phenoxy) is 2. The fraction of sp³-hybridized carbons (Fsp3) is 0.185. The predicted octanol–water partition coefficient (Wildman–Crippen LogP) is 5.87. The molecule has 0 bridgehead atoms. The third-order valence-corrected chi connectivity index (χ3v) is 5.78. The van der Waals surface area contributed by atoms with Crippen LogP contribution < -0.4 is 15.0 Å². The van der Waals surface area contributed by atoms with E-state index in [2.05, 4.69) is 10.1 Å². The van der Waals surface area contributed by atoms with Crippen LogP contribution in [0.5, 0.6) is 11.5 Å². The standard InChI is InChI=1S/C27H21ClF3N3O5/c1-3-38-22-12-16(11-20(28)23(22)39-15(2)26(36)37)14-32-34-24(17-7-6-8-18(13-17)27(29,30)31)33-21-10-5-4-9-19(21)25(34)35/h4-15H,3H2,1-2H3,(H,36,37)/t15-/m0/s1. The summed E-state index contributed by atoms with van der Waals surface area (Å²) in [4.78, 5) is 29.0. The molecule has 0 saturated heterocycles. The Labute approximate surface area is 224 Å². The van der Waals surface area contributed by atoms with Crippen molar-refractivity contribution in [2.75, 3.05) is 6.61 Å². The molecule has 0 amide bonds. The maximum Gasteiger partial charge on any atom is 0.416 e. The minimum atomic E-state index is -4.60. The lowest BCUT2D eigenvalue weighted by atomic mass is 10.1. The van der Waals surface area contributed by atoms with E-state index in [9.17, 15) is 27.9 Å². The van der Waals surface area contributed by atoms with Gasteiger partial charge in [0.15, 0.2) is 23.4 Å². The molecule has 3 aromatic carbocycles. The Morgan fingerprint density at radius 1 is 1.18 bits per heavy atom. The van der Waals surface area contributed by atoms with Crippen molar-refractivity contribution < 1.29 is 32.5 Å². The van der Waals surface area contributed by atoms with E-state index in [4.69, 9.17) is 21.1 Å². The van der Waals surface area contributed by atoms with Gasteiger partial charge < -0.3 is 14.6 Å². The molecule has 0 aliphatic rings. The maximum atomic E-state index is 13.4. The fourth-order valence-corrected chi connectivity index (χ4v) is 3.91. The molecule has 0 saturated carbocycles. The third kappa shape index (κ3) is 6.04.